The van der Waals surface area contributed by atoms with Gasteiger partial charge in [0, 0.05) is 25.0 Å². The first-order valence-corrected chi connectivity index (χ1v) is 8.51. The Morgan fingerprint density at radius 3 is 2.88 bits per heavy atom. The lowest BCUT2D eigenvalue weighted by Crippen LogP contribution is -2.45. The smallest absolute Gasteiger partial charge is 0.315 e. The minimum atomic E-state index is -0.162. The van der Waals surface area contributed by atoms with Gasteiger partial charge in [0.2, 0.25) is 0 Å². The molecule has 0 unspecified atom stereocenters. The predicted molar refractivity (Wildman–Crippen MR) is 90.5 cm³/mol. The minimum Gasteiger partial charge on any atom is -0.468 e. The summed E-state index contributed by atoms with van der Waals surface area (Å²) in [6.45, 7) is 5.24. The van der Waals surface area contributed by atoms with E-state index in [2.05, 4.69) is 20.6 Å². The van der Waals surface area contributed by atoms with Crippen LogP contribution in [0.5, 0.6) is 0 Å². The number of aromatic nitrogens is 2. The summed E-state index contributed by atoms with van der Waals surface area (Å²) in [6, 6.07) is 5.67. The van der Waals surface area contributed by atoms with E-state index >= 15 is 0 Å². The van der Waals surface area contributed by atoms with E-state index in [1.807, 2.05) is 31.3 Å². The molecule has 2 aromatic rings. The molecule has 1 aliphatic heterocycles. The second kappa shape index (κ2) is 8.01. The first-order chi connectivity index (χ1) is 11.7. The molecule has 3 rings (SSSR count). The third kappa shape index (κ3) is 4.38. The molecule has 0 radical (unpaired) electrons. The topological polar surface area (TPSA) is 75.3 Å². The van der Waals surface area contributed by atoms with Gasteiger partial charge in [-0.3, -0.25) is 9.58 Å². The van der Waals surface area contributed by atoms with E-state index in [9.17, 15) is 4.79 Å². The highest BCUT2D eigenvalue weighted by Crippen LogP contribution is 2.24. The fourth-order valence-electron chi connectivity index (χ4n) is 3.14. The van der Waals surface area contributed by atoms with Crippen LogP contribution >= 0.6 is 0 Å². The standard InChI is InChI=1S/C17H25N5O2/c1-14(13-22-10-5-7-19-22)20-17(23)18-12-15(16-6-4-11-24-16)21-8-2-3-9-21/h4-7,10-11,14-15H,2-3,8-9,12-13H2,1H3,(H2,18,20,23)/t14-,15-/m0/s1. The number of likely N-dealkylation sites (tertiary alicyclic amines) is 1. The zero-order valence-corrected chi connectivity index (χ0v) is 14.0. The summed E-state index contributed by atoms with van der Waals surface area (Å²) < 4.78 is 7.37. The van der Waals surface area contributed by atoms with Crippen molar-refractivity contribution < 1.29 is 9.21 Å². The van der Waals surface area contributed by atoms with Crippen LogP contribution in [0.25, 0.3) is 0 Å². The second-order valence-corrected chi connectivity index (χ2v) is 6.26. The molecule has 7 heteroatoms. The highest BCUT2D eigenvalue weighted by atomic mass is 16.3. The number of amides is 2. The summed E-state index contributed by atoms with van der Waals surface area (Å²) in [4.78, 5) is 14.5. The monoisotopic (exact) mass is 331 g/mol. The molecule has 2 atom stereocenters. The molecule has 0 bridgehead atoms. The quantitative estimate of drug-likeness (QED) is 0.814. The molecule has 0 aromatic carbocycles. The maximum Gasteiger partial charge on any atom is 0.315 e. The first kappa shape index (κ1) is 16.6. The van der Waals surface area contributed by atoms with Gasteiger partial charge in [-0.15, -0.1) is 0 Å². The summed E-state index contributed by atoms with van der Waals surface area (Å²) >= 11 is 0. The molecule has 0 spiro atoms. The lowest BCUT2D eigenvalue weighted by atomic mass is 10.2. The van der Waals surface area contributed by atoms with Crippen LogP contribution in [0.3, 0.4) is 0 Å². The van der Waals surface area contributed by atoms with Crippen molar-refractivity contribution in [2.45, 2.75) is 38.4 Å². The third-order valence-corrected chi connectivity index (χ3v) is 4.31. The molecular formula is C17H25N5O2. The maximum absolute atomic E-state index is 12.2. The second-order valence-electron chi connectivity index (χ2n) is 6.26. The molecule has 1 fully saturated rings. The van der Waals surface area contributed by atoms with Crippen LogP contribution in [0, 0.1) is 0 Å². The van der Waals surface area contributed by atoms with E-state index in [1.165, 1.54) is 12.8 Å². The van der Waals surface area contributed by atoms with Crippen molar-refractivity contribution in [2.75, 3.05) is 19.6 Å². The van der Waals surface area contributed by atoms with Crippen molar-refractivity contribution in [3.8, 4) is 0 Å². The van der Waals surface area contributed by atoms with Gasteiger partial charge in [-0.05, 0) is 51.1 Å². The molecule has 0 saturated carbocycles. The fraction of sp³-hybridized carbons (Fsp3) is 0.529. The normalized spacial score (nSPS) is 17.5. The number of nitrogens with zero attached hydrogens (tertiary/aromatic N) is 3. The Morgan fingerprint density at radius 1 is 1.38 bits per heavy atom. The van der Waals surface area contributed by atoms with Crippen molar-refractivity contribution in [3.63, 3.8) is 0 Å². The van der Waals surface area contributed by atoms with Crippen LogP contribution in [-0.4, -0.2) is 46.4 Å². The molecule has 130 valence electrons. The Labute approximate surface area is 142 Å². The van der Waals surface area contributed by atoms with Crippen molar-refractivity contribution in [3.05, 3.63) is 42.6 Å². The number of urea groups is 1. The van der Waals surface area contributed by atoms with Crippen LogP contribution < -0.4 is 10.6 Å². The summed E-state index contributed by atoms with van der Waals surface area (Å²) in [7, 11) is 0. The highest BCUT2D eigenvalue weighted by molar-refractivity contribution is 5.74. The fourth-order valence-corrected chi connectivity index (χ4v) is 3.14. The predicted octanol–water partition coefficient (Wildman–Crippen LogP) is 2.00. The zero-order valence-electron chi connectivity index (χ0n) is 14.0. The number of hydrogen-bond acceptors (Lipinski definition) is 4. The van der Waals surface area contributed by atoms with Gasteiger partial charge in [0.1, 0.15) is 5.76 Å². The third-order valence-electron chi connectivity index (χ3n) is 4.31. The largest absolute Gasteiger partial charge is 0.468 e. The van der Waals surface area contributed by atoms with Crippen LogP contribution in [0.2, 0.25) is 0 Å². The lowest BCUT2D eigenvalue weighted by molar-refractivity contribution is 0.202. The molecular weight excluding hydrogens is 306 g/mol. The van der Waals surface area contributed by atoms with E-state index < -0.39 is 0 Å². The molecule has 3 heterocycles. The van der Waals surface area contributed by atoms with E-state index in [0.717, 1.165) is 18.8 Å². The number of nitrogens with one attached hydrogen (secondary N) is 2. The van der Waals surface area contributed by atoms with Gasteiger partial charge in [-0.2, -0.15) is 5.10 Å². The van der Waals surface area contributed by atoms with Gasteiger partial charge in [0.15, 0.2) is 0 Å². The molecule has 1 saturated heterocycles. The zero-order chi connectivity index (χ0) is 16.8. The van der Waals surface area contributed by atoms with Gasteiger partial charge in [-0.25, -0.2) is 4.79 Å². The van der Waals surface area contributed by atoms with Gasteiger partial charge in [0.05, 0.1) is 18.8 Å². The molecule has 2 N–H and O–H groups in total. The average molecular weight is 331 g/mol. The van der Waals surface area contributed by atoms with Crippen LogP contribution in [0.1, 0.15) is 31.6 Å². The number of furan rings is 1. The van der Waals surface area contributed by atoms with Crippen molar-refractivity contribution in [2.24, 2.45) is 0 Å². The van der Waals surface area contributed by atoms with Crippen molar-refractivity contribution in [1.29, 1.82) is 0 Å². The van der Waals surface area contributed by atoms with Crippen LogP contribution in [-0.2, 0) is 6.54 Å². The van der Waals surface area contributed by atoms with Gasteiger partial charge in [0.25, 0.3) is 0 Å². The first-order valence-electron chi connectivity index (χ1n) is 8.51. The molecule has 7 nitrogen and oxygen atoms in total. The number of carbonyl (C=O) groups excluding carboxylic acids is 1. The van der Waals surface area contributed by atoms with Crippen LogP contribution in [0.15, 0.2) is 41.3 Å². The molecule has 1 aliphatic rings. The van der Waals surface area contributed by atoms with E-state index in [0.29, 0.717) is 13.1 Å². The number of rotatable bonds is 7. The Bertz CT molecular complexity index is 605. The molecule has 2 aromatic heterocycles. The van der Waals surface area contributed by atoms with Crippen molar-refractivity contribution in [1.82, 2.24) is 25.3 Å². The van der Waals surface area contributed by atoms with Crippen molar-refractivity contribution >= 4 is 6.03 Å². The summed E-state index contributed by atoms with van der Waals surface area (Å²) in [6.07, 6.45) is 7.70. The SMILES string of the molecule is C[C@@H](Cn1cccn1)NC(=O)NC[C@@H](c1ccco1)N1CCCC1. The minimum absolute atomic E-state index is 0.00116. The number of carbonyl (C=O) groups is 1. The highest BCUT2D eigenvalue weighted by Gasteiger charge is 2.26. The lowest BCUT2D eigenvalue weighted by Gasteiger charge is -2.26. The Morgan fingerprint density at radius 2 is 2.21 bits per heavy atom. The Balaban J connectivity index is 1.49. The summed E-state index contributed by atoms with van der Waals surface area (Å²) in [5.74, 6) is 0.904. The summed E-state index contributed by atoms with van der Waals surface area (Å²) in [5, 5.41) is 10.1. The van der Waals surface area contributed by atoms with Gasteiger partial charge < -0.3 is 15.1 Å². The Kier molecular flexibility index (Phi) is 5.53. The van der Waals surface area contributed by atoms with E-state index in [4.69, 9.17) is 4.42 Å². The van der Waals surface area contributed by atoms with E-state index in [1.54, 1.807) is 17.1 Å². The van der Waals surface area contributed by atoms with Gasteiger partial charge >= 0.3 is 6.03 Å². The molecule has 24 heavy (non-hydrogen) atoms. The van der Waals surface area contributed by atoms with E-state index in [-0.39, 0.29) is 18.1 Å². The summed E-state index contributed by atoms with van der Waals surface area (Å²) in [5.41, 5.74) is 0. The number of hydrogen-bond donors (Lipinski definition) is 2. The molecule has 2 amide bonds. The van der Waals surface area contributed by atoms with Gasteiger partial charge in [-0.1, -0.05) is 0 Å². The average Bonchev–Trinajstić information content (AvgIpc) is 3.31. The molecule has 0 aliphatic carbocycles. The maximum atomic E-state index is 12.2. The van der Waals surface area contributed by atoms with Crippen LogP contribution in [0.4, 0.5) is 4.79 Å². The Hall–Kier alpha value is -2.28.